The molecule has 5 rings (SSSR count). The first kappa shape index (κ1) is 19.1. The number of anilines is 1. The summed E-state index contributed by atoms with van der Waals surface area (Å²) in [5, 5.41) is 1.74. The number of rotatable bonds is 4. The van der Waals surface area contributed by atoms with E-state index in [0.29, 0.717) is 16.6 Å². The smallest absolute Gasteiger partial charge is 0.281 e. The van der Waals surface area contributed by atoms with E-state index in [2.05, 4.69) is 28.6 Å². The van der Waals surface area contributed by atoms with E-state index >= 15 is 0 Å². The van der Waals surface area contributed by atoms with Crippen LogP contribution in [0.4, 0.5) is 5.69 Å². The molecule has 29 heavy (non-hydrogen) atoms. The van der Waals surface area contributed by atoms with Crippen molar-refractivity contribution in [2.24, 2.45) is 5.92 Å². The van der Waals surface area contributed by atoms with Gasteiger partial charge in [0.05, 0.1) is 0 Å². The van der Waals surface area contributed by atoms with E-state index in [1.807, 2.05) is 18.2 Å². The number of benzene rings is 1. The number of sulfonamides is 1. The third-order valence-corrected chi connectivity index (χ3v) is 8.34. The highest BCUT2D eigenvalue weighted by atomic mass is 35.5. The lowest BCUT2D eigenvalue weighted by Crippen LogP contribution is -2.16. The van der Waals surface area contributed by atoms with Crippen LogP contribution in [-0.4, -0.2) is 42.8 Å². The van der Waals surface area contributed by atoms with E-state index in [0.717, 1.165) is 25.9 Å². The first-order chi connectivity index (χ1) is 13.8. The number of allylic oxidation sites excluding steroid dienone is 1. The van der Waals surface area contributed by atoms with E-state index in [1.54, 1.807) is 11.6 Å². The fourth-order valence-electron chi connectivity index (χ4n) is 4.58. The number of nitrogens with zero attached hydrogens (tertiary/aromatic N) is 3. The molecule has 1 aliphatic heterocycles. The lowest BCUT2D eigenvalue weighted by molar-refractivity contribution is 0.409. The number of halogens is 1. The minimum absolute atomic E-state index is 0.0177. The molecule has 2 aliphatic rings. The van der Waals surface area contributed by atoms with Crippen molar-refractivity contribution < 1.29 is 8.42 Å². The second-order valence-electron chi connectivity index (χ2n) is 7.86. The largest absolute Gasteiger partial charge is 0.306 e. The van der Waals surface area contributed by atoms with Crippen molar-refractivity contribution in [2.75, 3.05) is 24.9 Å². The van der Waals surface area contributed by atoms with Crippen molar-refractivity contribution in [1.29, 1.82) is 0 Å². The third-order valence-electron chi connectivity index (χ3n) is 5.80. The number of imidazole rings is 1. The summed E-state index contributed by atoms with van der Waals surface area (Å²) < 4.78 is 30.4. The molecular formula is C20H21ClN4O2S2. The topological polar surface area (TPSA) is 66.7 Å². The molecule has 1 aromatic carbocycles. The molecule has 9 heteroatoms. The third kappa shape index (κ3) is 3.18. The van der Waals surface area contributed by atoms with Crippen molar-refractivity contribution >= 4 is 49.2 Å². The standard InChI is InChI=1S/C20H21ClN4O2S2/c1-12-9-13-3-4-15(10-16(13)17(12)14-5-6-24(2)11-14)23-29(26,27)19-18(21)22-20-25(19)7-8-28-20/h3-4,7-8,10,14,23H,5-6,9,11H2,1-2H3. The van der Waals surface area contributed by atoms with Gasteiger partial charge >= 0.3 is 0 Å². The molecule has 3 aromatic rings. The molecule has 0 bridgehead atoms. The van der Waals surface area contributed by atoms with Gasteiger partial charge in [0, 0.05) is 23.8 Å². The highest BCUT2D eigenvalue weighted by molar-refractivity contribution is 7.92. The molecule has 1 aliphatic carbocycles. The van der Waals surface area contributed by atoms with E-state index in [9.17, 15) is 8.42 Å². The zero-order valence-corrected chi connectivity index (χ0v) is 18.5. The van der Waals surface area contributed by atoms with Crippen LogP contribution in [0.2, 0.25) is 5.15 Å². The Labute approximate surface area is 178 Å². The van der Waals surface area contributed by atoms with Crippen LogP contribution in [-0.2, 0) is 16.4 Å². The second kappa shape index (κ2) is 6.84. The van der Waals surface area contributed by atoms with Crippen molar-refractivity contribution in [1.82, 2.24) is 14.3 Å². The molecule has 1 atom stereocenters. The predicted molar refractivity (Wildman–Crippen MR) is 117 cm³/mol. The number of likely N-dealkylation sites (tertiary alicyclic amines) is 1. The number of hydrogen-bond acceptors (Lipinski definition) is 5. The van der Waals surface area contributed by atoms with Crippen LogP contribution in [0.5, 0.6) is 0 Å². The van der Waals surface area contributed by atoms with Gasteiger partial charge < -0.3 is 4.90 Å². The van der Waals surface area contributed by atoms with Gasteiger partial charge in [-0.2, -0.15) is 8.42 Å². The molecule has 1 unspecified atom stereocenters. The first-order valence-electron chi connectivity index (χ1n) is 9.49. The van der Waals surface area contributed by atoms with Crippen LogP contribution in [0.1, 0.15) is 24.5 Å². The quantitative estimate of drug-likeness (QED) is 0.651. The fraction of sp³-hybridized carbons (Fsp3) is 0.350. The molecule has 6 nitrogen and oxygen atoms in total. The monoisotopic (exact) mass is 448 g/mol. The van der Waals surface area contributed by atoms with Gasteiger partial charge in [-0.1, -0.05) is 23.2 Å². The van der Waals surface area contributed by atoms with Crippen LogP contribution in [0.3, 0.4) is 0 Å². The van der Waals surface area contributed by atoms with Crippen molar-refractivity contribution in [3.63, 3.8) is 0 Å². The molecule has 0 radical (unpaired) electrons. The van der Waals surface area contributed by atoms with E-state index in [1.165, 1.54) is 38.0 Å². The Morgan fingerprint density at radius 1 is 1.34 bits per heavy atom. The summed E-state index contributed by atoms with van der Waals surface area (Å²) in [6.07, 6.45) is 3.74. The van der Waals surface area contributed by atoms with Gasteiger partial charge in [-0.05, 0) is 68.1 Å². The Hall–Kier alpha value is -1.87. The summed E-state index contributed by atoms with van der Waals surface area (Å²) in [4.78, 5) is 7.04. The van der Waals surface area contributed by atoms with Gasteiger partial charge in [0.15, 0.2) is 15.1 Å². The van der Waals surface area contributed by atoms with Gasteiger partial charge in [-0.15, -0.1) is 11.3 Å². The van der Waals surface area contributed by atoms with E-state index < -0.39 is 10.0 Å². The van der Waals surface area contributed by atoms with E-state index in [4.69, 9.17) is 11.6 Å². The summed E-state index contributed by atoms with van der Waals surface area (Å²) >= 11 is 7.48. The first-order valence-corrected chi connectivity index (χ1v) is 12.2. The van der Waals surface area contributed by atoms with Gasteiger partial charge in [0.25, 0.3) is 10.0 Å². The lowest BCUT2D eigenvalue weighted by Gasteiger charge is -2.16. The Balaban J connectivity index is 1.50. The Bertz CT molecular complexity index is 1260. The minimum atomic E-state index is -3.87. The minimum Gasteiger partial charge on any atom is -0.306 e. The molecule has 1 fully saturated rings. The predicted octanol–water partition coefficient (Wildman–Crippen LogP) is 4.13. The maximum atomic E-state index is 13.1. The summed E-state index contributed by atoms with van der Waals surface area (Å²) in [5.74, 6) is 0.503. The second-order valence-corrected chi connectivity index (χ2v) is 10.7. The fourth-order valence-corrected chi connectivity index (χ4v) is 7.08. The normalized spacial score (nSPS) is 20.0. The van der Waals surface area contributed by atoms with Gasteiger partial charge in [0.2, 0.25) is 0 Å². The summed E-state index contributed by atoms with van der Waals surface area (Å²) in [5.41, 5.74) is 5.75. The number of aromatic nitrogens is 2. The molecule has 0 saturated carbocycles. The molecule has 3 heterocycles. The number of hydrogen-bond donors (Lipinski definition) is 1. The maximum absolute atomic E-state index is 13.1. The molecule has 152 valence electrons. The SMILES string of the molecule is CC1=C(C2CCN(C)C2)c2cc(NS(=O)(=O)c3c(Cl)nc4sccn34)ccc2C1. The number of nitrogens with one attached hydrogen (secondary N) is 1. The highest BCUT2D eigenvalue weighted by Crippen LogP contribution is 2.42. The zero-order valence-electron chi connectivity index (χ0n) is 16.1. The highest BCUT2D eigenvalue weighted by Gasteiger charge is 2.31. The van der Waals surface area contributed by atoms with E-state index in [-0.39, 0.29) is 10.2 Å². The van der Waals surface area contributed by atoms with Crippen LogP contribution in [0, 0.1) is 5.92 Å². The lowest BCUT2D eigenvalue weighted by atomic mass is 9.91. The molecule has 0 spiro atoms. The van der Waals surface area contributed by atoms with Crippen molar-refractivity contribution in [2.45, 2.75) is 24.8 Å². The molecule has 2 aromatic heterocycles. The number of thiazole rings is 1. The molecule has 0 amide bonds. The molecule has 1 N–H and O–H groups in total. The van der Waals surface area contributed by atoms with Crippen molar-refractivity contribution in [3.05, 3.63) is 51.6 Å². The van der Waals surface area contributed by atoms with Crippen LogP contribution >= 0.6 is 22.9 Å². The Morgan fingerprint density at radius 3 is 2.93 bits per heavy atom. The average molecular weight is 449 g/mol. The average Bonchev–Trinajstić information content (AvgIpc) is 3.37. The summed E-state index contributed by atoms with van der Waals surface area (Å²) in [6, 6.07) is 5.82. The summed E-state index contributed by atoms with van der Waals surface area (Å²) in [7, 11) is -1.72. The van der Waals surface area contributed by atoms with Gasteiger partial charge in [-0.25, -0.2) is 4.98 Å². The Morgan fingerprint density at radius 2 is 2.17 bits per heavy atom. The van der Waals surface area contributed by atoms with Gasteiger partial charge in [-0.3, -0.25) is 9.12 Å². The van der Waals surface area contributed by atoms with Gasteiger partial charge in [0.1, 0.15) is 0 Å². The molecular weight excluding hydrogens is 428 g/mol. The maximum Gasteiger partial charge on any atom is 0.281 e. The van der Waals surface area contributed by atoms with Crippen LogP contribution < -0.4 is 4.72 Å². The van der Waals surface area contributed by atoms with Crippen LogP contribution in [0.15, 0.2) is 40.4 Å². The Kier molecular flexibility index (Phi) is 4.51. The zero-order chi connectivity index (χ0) is 20.3. The summed E-state index contributed by atoms with van der Waals surface area (Å²) in [6.45, 7) is 4.33. The van der Waals surface area contributed by atoms with Crippen LogP contribution in [0.25, 0.3) is 10.5 Å². The number of fused-ring (bicyclic) bond motifs is 2. The molecule has 1 saturated heterocycles. The van der Waals surface area contributed by atoms with Crippen molar-refractivity contribution in [3.8, 4) is 0 Å².